The summed E-state index contributed by atoms with van der Waals surface area (Å²) in [5.41, 5.74) is 2.24. The van der Waals surface area contributed by atoms with Gasteiger partial charge in [0.1, 0.15) is 11.5 Å². The van der Waals surface area contributed by atoms with Gasteiger partial charge in [0.25, 0.3) is 5.91 Å². The van der Waals surface area contributed by atoms with E-state index in [0.29, 0.717) is 41.3 Å². The molecule has 1 N–H and O–H groups in total. The highest BCUT2D eigenvalue weighted by Gasteiger charge is 2.32. The number of nitrogens with one attached hydrogen (secondary N) is 1. The van der Waals surface area contributed by atoms with Gasteiger partial charge in [-0.3, -0.25) is 9.48 Å². The second-order valence-electron chi connectivity index (χ2n) is 7.74. The quantitative estimate of drug-likeness (QED) is 0.502. The van der Waals surface area contributed by atoms with Crippen LogP contribution in [-0.2, 0) is 20.1 Å². The number of anilines is 2. The molecule has 0 saturated heterocycles. The normalized spacial score (nSPS) is 15.7. The Balaban J connectivity index is 1.41. The average Bonchev–Trinajstić information content (AvgIpc) is 3.38. The number of amides is 1. The van der Waals surface area contributed by atoms with Gasteiger partial charge >= 0.3 is 0 Å². The molecule has 0 bridgehead atoms. The molecule has 3 aromatic heterocycles. The van der Waals surface area contributed by atoms with Crippen molar-refractivity contribution in [2.24, 2.45) is 7.05 Å². The number of hydrogen-bond acceptors (Lipinski definition) is 6. The van der Waals surface area contributed by atoms with Crippen molar-refractivity contribution < 1.29 is 4.79 Å². The Morgan fingerprint density at radius 1 is 1.16 bits per heavy atom. The summed E-state index contributed by atoms with van der Waals surface area (Å²) < 4.78 is 3.59. The lowest BCUT2D eigenvalue weighted by atomic mass is 10.1. The van der Waals surface area contributed by atoms with Crippen LogP contribution in [0.3, 0.4) is 0 Å². The van der Waals surface area contributed by atoms with Gasteiger partial charge in [-0.1, -0.05) is 23.7 Å². The van der Waals surface area contributed by atoms with E-state index in [0.717, 1.165) is 11.4 Å². The lowest BCUT2D eigenvalue weighted by Gasteiger charge is -2.33. The molecule has 32 heavy (non-hydrogen) atoms. The SMILES string of the molecule is C[C@H]1Cn2cc(-c3ccnc(Nc4ccnn4C)n3)nc2C(=O)N1Cc1cccc(Cl)c1. The maximum Gasteiger partial charge on any atom is 0.290 e. The number of aromatic nitrogens is 6. The van der Waals surface area contributed by atoms with Crippen LogP contribution < -0.4 is 5.32 Å². The summed E-state index contributed by atoms with van der Waals surface area (Å²) in [6, 6.07) is 11.2. The molecule has 10 heteroatoms. The Kier molecular flexibility index (Phi) is 5.10. The number of rotatable bonds is 5. The van der Waals surface area contributed by atoms with Crippen molar-refractivity contribution >= 4 is 29.3 Å². The first-order chi connectivity index (χ1) is 15.5. The zero-order valence-electron chi connectivity index (χ0n) is 17.6. The number of fused-ring (bicyclic) bond motifs is 1. The van der Waals surface area contributed by atoms with Crippen molar-refractivity contribution in [1.82, 2.24) is 34.2 Å². The molecule has 9 nitrogen and oxygen atoms in total. The summed E-state index contributed by atoms with van der Waals surface area (Å²) >= 11 is 6.11. The van der Waals surface area contributed by atoms with Crippen LogP contribution in [0.2, 0.25) is 5.02 Å². The first kappa shape index (κ1) is 20.2. The van der Waals surface area contributed by atoms with E-state index in [-0.39, 0.29) is 11.9 Å². The number of hydrogen-bond donors (Lipinski definition) is 1. The Labute approximate surface area is 189 Å². The minimum Gasteiger partial charge on any atom is -0.327 e. The molecular formula is C22H21ClN8O. The predicted octanol–water partition coefficient (Wildman–Crippen LogP) is 3.52. The van der Waals surface area contributed by atoms with Crippen LogP contribution in [-0.4, -0.2) is 46.1 Å². The summed E-state index contributed by atoms with van der Waals surface area (Å²) in [6.45, 7) is 3.17. The van der Waals surface area contributed by atoms with Gasteiger partial charge in [0, 0.05) is 49.7 Å². The Morgan fingerprint density at radius 3 is 2.81 bits per heavy atom. The maximum absolute atomic E-state index is 13.2. The second kappa shape index (κ2) is 8.08. The molecule has 162 valence electrons. The van der Waals surface area contributed by atoms with Crippen molar-refractivity contribution in [3.8, 4) is 11.4 Å². The lowest BCUT2D eigenvalue weighted by molar-refractivity contribution is 0.0587. The number of halogens is 1. The van der Waals surface area contributed by atoms with Gasteiger partial charge in [0.15, 0.2) is 5.82 Å². The van der Waals surface area contributed by atoms with Crippen LogP contribution in [0.1, 0.15) is 23.1 Å². The highest BCUT2D eigenvalue weighted by atomic mass is 35.5. The predicted molar refractivity (Wildman–Crippen MR) is 121 cm³/mol. The third-order valence-corrected chi connectivity index (χ3v) is 5.68. The first-order valence-corrected chi connectivity index (χ1v) is 10.6. The van der Waals surface area contributed by atoms with Gasteiger partial charge in [0.05, 0.1) is 11.9 Å². The number of aryl methyl sites for hydroxylation is 1. The molecule has 0 aliphatic carbocycles. The maximum atomic E-state index is 13.2. The highest BCUT2D eigenvalue weighted by Crippen LogP contribution is 2.25. The van der Waals surface area contributed by atoms with E-state index in [1.165, 1.54) is 0 Å². The molecular weight excluding hydrogens is 428 g/mol. The number of benzene rings is 1. The number of carbonyl (C=O) groups excluding carboxylic acids is 1. The van der Waals surface area contributed by atoms with E-state index in [4.69, 9.17) is 11.6 Å². The summed E-state index contributed by atoms with van der Waals surface area (Å²) in [5, 5.41) is 7.92. The molecule has 1 amide bonds. The van der Waals surface area contributed by atoms with Crippen LogP contribution in [0.15, 0.2) is 55.0 Å². The third-order valence-electron chi connectivity index (χ3n) is 5.44. The van der Waals surface area contributed by atoms with Gasteiger partial charge in [-0.05, 0) is 30.7 Å². The van der Waals surface area contributed by atoms with Crippen molar-refractivity contribution in [2.75, 3.05) is 5.32 Å². The Morgan fingerprint density at radius 2 is 2.03 bits per heavy atom. The second-order valence-corrected chi connectivity index (χ2v) is 8.18. The van der Waals surface area contributed by atoms with E-state index in [2.05, 4.69) is 25.4 Å². The van der Waals surface area contributed by atoms with E-state index in [1.54, 1.807) is 23.1 Å². The van der Waals surface area contributed by atoms with Gasteiger partial charge in [-0.25, -0.2) is 15.0 Å². The fraction of sp³-hybridized carbons (Fsp3) is 0.227. The van der Waals surface area contributed by atoms with Crippen molar-refractivity contribution in [3.05, 3.63) is 71.4 Å². The minimum atomic E-state index is -0.114. The summed E-state index contributed by atoms with van der Waals surface area (Å²) in [7, 11) is 1.83. The fourth-order valence-electron chi connectivity index (χ4n) is 3.79. The molecule has 1 aliphatic rings. The van der Waals surface area contributed by atoms with Gasteiger partial charge in [-0.15, -0.1) is 0 Å². The van der Waals surface area contributed by atoms with Crippen molar-refractivity contribution in [1.29, 1.82) is 0 Å². The van der Waals surface area contributed by atoms with Crippen molar-refractivity contribution in [2.45, 2.75) is 26.1 Å². The van der Waals surface area contributed by atoms with E-state index in [9.17, 15) is 4.79 Å². The van der Waals surface area contributed by atoms with E-state index >= 15 is 0 Å². The molecule has 4 aromatic rings. The monoisotopic (exact) mass is 448 g/mol. The zero-order valence-corrected chi connectivity index (χ0v) is 18.4. The standard InChI is InChI=1S/C22H21ClN8O/c1-14-11-30-13-18(17-6-8-24-22(27-17)28-19-7-9-25-29(19)2)26-20(30)21(32)31(14)12-15-4-3-5-16(23)10-15/h3-10,13-14H,11-12H2,1-2H3,(H,24,27,28)/t14-/m0/s1. The van der Waals surface area contributed by atoms with Crippen LogP contribution in [0.4, 0.5) is 11.8 Å². The van der Waals surface area contributed by atoms with E-state index < -0.39 is 0 Å². The largest absolute Gasteiger partial charge is 0.327 e. The summed E-state index contributed by atoms with van der Waals surface area (Å²) in [5.74, 6) is 1.49. The molecule has 0 spiro atoms. The minimum absolute atomic E-state index is 0.0171. The number of imidazole rings is 1. The van der Waals surface area contributed by atoms with Gasteiger partial charge < -0.3 is 14.8 Å². The van der Waals surface area contributed by atoms with E-state index in [1.807, 2.05) is 60.0 Å². The van der Waals surface area contributed by atoms with Gasteiger partial charge in [-0.2, -0.15) is 5.10 Å². The molecule has 1 atom stereocenters. The molecule has 0 radical (unpaired) electrons. The average molecular weight is 449 g/mol. The third kappa shape index (κ3) is 3.82. The molecule has 4 heterocycles. The zero-order chi connectivity index (χ0) is 22.2. The molecule has 5 rings (SSSR count). The molecule has 0 saturated carbocycles. The Bertz CT molecular complexity index is 1300. The topological polar surface area (TPSA) is 93.8 Å². The van der Waals surface area contributed by atoms with Crippen molar-refractivity contribution in [3.63, 3.8) is 0 Å². The summed E-state index contributed by atoms with van der Waals surface area (Å²) in [6.07, 6.45) is 5.23. The highest BCUT2D eigenvalue weighted by molar-refractivity contribution is 6.30. The number of nitrogens with zero attached hydrogens (tertiary/aromatic N) is 7. The number of carbonyl (C=O) groups is 1. The molecule has 1 aromatic carbocycles. The van der Waals surface area contributed by atoms with Crippen LogP contribution in [0.25, 0.3) is 11.4 Å². The van der Waals surface area contributed by atoms with Gasteiger partial charge in [0.2, 0.25) is 5.95 Å². The Hall–Kier alpha value is -3.72. The molecule has 1 aliphatic heterocycles. The van der Waals surface area contributed by atoms with Crippen LogP contribution >= 0.6 is 11.6 Å². The lowest BCUT2D eigenvalue weighted by Crippen LogP contribution is -2.46. The molecule has 0 unspecified atom stereocenters. The summed E-state index contributed by atoms with van der Waals surface area (Å²) in [4.78, 5) is 28.5. The first-order valence-electron chi connectivity index (χ1n) is 10.2. The molecule has 0 fully saturated rings. The smallest absolute Gasteiger partial charge is 0.290 e. The van der Waals surface area contributed by atoms with Crippen LogP contribution in [0.5, 0.6) is 0 Å². The van der Waals surface area contributed by atoms with Crippen LogP contribution in [0, 0.1) is 0 Å². The fourth-order valence-corrected chi connectivity index (χ4v) is 4.01.